The molecule has 0 aliphatic rings. The Kier molecular flexibility index (Phi) is 5.24. The van der Waals surface area contributed by atoms with Crippen molar-refractivity contribution in [3.05, 3.63) is 68.7 Å². The van der Waals surface area contributed by atoms with Crippen LogP contribution in [0.1, 0.15) is 15.9 Å². The average Bonchev–Trinajstić information content (AvgIpc) is 2.96. The maximum absolute atomic E-state index is 12.4. The summed E-state index contributed by atoms with van der Waals surface area (Å²) in [5.74, 6) is -1.51. The van der Waals surface area contributed by atoms with Gasteiger partial charge in [-0.05, 0) is 51.8 Å². The fourth-order valence-corrected chi connectivity index (χ4v) is 3.45. The van der Waals surface area contributed by atoms with Gasteiger partial charge in [-0.3, -0.25) is 4.79 Å². The number of aliphatic carboxylic acids is 1. The van der Waals surface area contributed by atoms with Crippen molar-refractivity contribution in [2.24, 2.45) is 0 Å². The van der Waals surface area contributed by atoms with E-state index in [1.165, 1.54) is 0 Å². The van der Waals surface area contributed by atoms with Gasteiger partial charge in [0.05, 0.1) is 5.56 Å². The molecule has 2 aromatic carbocycles. The highest BCUT2D eigenvalue weighted by atomic mass is 79.9. The van der Waals surface area contributed by atoms with Crippen LogP contribution in [0.2, 0.25) is 0 Å². The van der Waals surface area contributed by atoms with Crippen LogP contribution in [0.15, 0.2) is 57.6 Å². The molecule has 3 aromatic rings. The van der Waals surface area contributed by atoms with E-state index in [1.54, 1.807) is 30.5 Å². The van der Waals surface area contributed by atoms with E-state index in [-0.39, 0.29) is 6.42 Å². The van der Waals surface area contributed by atoms with Gasteiger partial charge in [-0.1, -0.05) is 28.1 Å². The summed E-state index contributed by atoms with van der Waals surface area (Å²) < 4.78 is 1.53. The molecule has 1 amide bonds. The van der Waals surface area contributed by atoms with Crippen LogP contribution in [0.4, 0.5) is 0 Å². The van der Waals surface area contributed by atoms with Gasteiger partial charge in [0, 0.05) is 32.5 Å². The lowest BCUT2D eigenvalue weighted by Crippen LogP contribution is -2.42. The van der Waals surface area contributed by atoms with E-state index in [0.717, 1.165) is 20.9 Å². The molecular weight excluding hydrogens is 452 g/mol. The molecule has 1 atom stereocenters. The van der Waals surface area contributed by atoms with Gasteiger partial charge >= 0.3 is 5.97 Å². The smallest absolute Gasteiger partial charge is 0.326 e. The molecule has 0 saturated heterocycles. The van der Waals surface area contributed by atoms with E-state index >= 15 is 0 Å². The molecule has 1 heterocycles. The summed E-state index contributed by atoms with van der Waals surface area (Å²) in [5.41, 5.74) is 2.14. The van der Waals surface area contributed by atoms with Crippen molar-refractivity contribution in [2.45, 2.75) is 12.5 Å². The molecule has 0 radical (unpaired) electrons. The lowest BCUT2D eigenvalue weighted by atomic mass is 10.0. The van der Waals surface area contributed by atoms with Gasteiger partial charge in [-0.15, -0.1) is 0 Å². The predicted molar refractivity (Wildman–Crippen MR) is 103 cm³/mol. The number of hydrogen-bond donors (Lipinski definition) is 3. The van der Waals surface area contributed by atoms with Crippen molar-refractivity contribution in [1.82, 2.24) is 10.3 Å². The molecule has 25 heavy (non-hydrogen) atoms. The molecule has 0 aliphatic heterocycles. The summed E-state index contributed by atoms with van der Waals surface area (Å²) >= 11 is 6.73. The van der Waals surface area contributed by atoms with E-state index in [9.17, 15) is 14.7 Å². The number of carbonyl (C=O) groups excluding carboxylic acids is 1. The Morgan fingerprint density at radius 1 is 1.16 bits per heavy atom. The van der Waals surface area contributed by atoms with E-state index in [1.807, 2.05) is 18.2 Å². The van der Waals surface area contributed by atoms with Crippen molar-refractivity contribution in [2.75, 3.05) is 0 Å². The number of nitrogens with one attached hydrogen (secondary N) is 2. The number of fused-ring (bicyclic) bond motifs is 1. The molecule has 0 spiro atoms. The first-order valence-corrected chi connectivity index (χ1v) is 9.08. The molecule has 7 heteroatoms. The fraction of sp³-hybridized carbons (Fsp3) is 0.111. The molecule has 0 fully saturated rings. The normalized spacial score (nSPS) is 12.1. The molecule has 3 N–H and O–H groups in total. The first-order valence-electron chi connectivity index (χ1n) is 7.49. The summed E-state index contributed by atoms with van der Waals surface area (Å²) in [6.07, 6.45) is 1.96. The predicted octanol–water partition coefficient (Wildman–Crippen LogP) is 4.12. The largest absolute Gasteiger partial charge is 0.480 e. The van der Waals surface area contributed by atoms with Crippen molar-refractivity contribution >= 4 is 54.6 Å². The number of benzene rings is 2. The first-order chi connectivity index (χ1) is 12.0. The molecule has 128 valence electrons. The summed E-state index contributed by atoms with van der Waals surface area (Å²) in [7, 11) is 0. The number of amides is 1. The maximum atomic E-state index is 12.4. The summed E-state index contributed by atoms with van der Waals surface area (Å²) in [6, 6.07) is 11.6. The van der Waals surface area contributed by atoms with Gasteiger partial charge in [-0.2, -0.15) is 0 Å². The second kappa shape index (κ2) is 7.41. The number of halogens is 2. The van der Waals surface area contributed by atoms with Crippen molar-refractivity contribution in [3.63, 3.8) is 0 Å². The fourth-order valence-electron chi connectivity index (χ4n) is 2.62. The second-order valence-corrected chi connectivity index (χ2v) is 7.32. The molecule has 0 bridgehead atoms. The number of hydrogen-bond acceptors (Lipinski definition) is 2. The van der Waals surface area contributed by atoms with Crippen molar-refractivity contribution < 1.29 is 14.7 Å². The summed E-state index contributed by atoms with van der Waals surface area (Å²) in [5, 5.41) is 13.0. The van der Waals surface area contributed by atoms with Gasteiger partial charge < -0.3 is 15.4 Å². The molecule has 0 unspecified atom stereocenters. The van der Waals surface area contributed by atoms with E-state index in [2.05, 4.69) is 42.2 Å². The van der Waals surface area contributed by atoms with E-state index < -0.39 is 17.9 Å². The van der Waals surface area contributed by atoms with Crippen LogP contribution < -0.4 is 5.32 Å². The van der Waals surface area contributed by atoms with Gasteiger partial charge in [0.25, 0.3) is 5.91 Å². The topological polar surface area (TPSA) is 82.2 Å². The average molecular weight is 466 g/mol. The highest BCUT2D eigenvalue weighted by molar-refractivity contribution is 9.10. The van der Waals surface area contributed by atoms with Gasteiger partial charge in [0.1, 0.15) is 6.04 Å². The monoisotopic (exact) mass is 464 g/mol. The second-order valence-electron chi connectivity index (χ2n) is 5.55. The van der Waals surface area contributed by atoms with Crippen molar-refractivity contribution in [3.8, 4) is 0 Å². The molecule has 0 aliphatic carbocycles. The van der Waals surface area contributed by atoms with Crippen LogP contribution in [-0.2, 0) is 11.2 Å². The van der Waals surface area contributed by atoms with E-state index in [4.69, 9.17) is 0 Å². The van der Waals surface area contributed by atoms with Gasteiger partial charge in [-0.25, -0.2) is 4.79 Å². The number of H-pyrrole nitrogens is 1. The van der Waals surface area contributed by atoms with Crippen LogP contribution in [0.25, 0.3) is 10.9 Å². The lowest BCUT2D eigenvalue weighted by Gasteiger charge is -2.15. The Morgan fingerprint density at radius 2 is 1.92 bits per heavy atom. The SMILES string of the molecule is O=C(N[C@@H](Cc1c[nH]c2ccc(Br)cc12)C(=O)O)c1ccccc1Br. The first kappa shape index (κ1) is 17.7. The molecule has 1 aromatic heterocycles. The third-order valence-corrected chi connectivity index (χ3v) is 5.06. The van der Waals surface area contributed by atoms with Crippen LogP contribution in [0, 0.1) is 0 Å². The minimum absolute atomic E-state index is 0.183. The van der Waals surface area contributed by atoms with Crippen LogP contribution in [0.5, 0.6) is 0 Å². The minimum Gasteiger partial charge on any atom is -0.480 e. The lowest BCUT2D eigenvalue weighted by molar-refractivity contribution is -0.139. The molecule has 0 saturated carbocycles. The zero-order chi connectivity index (χ0) is 18.0. The molecular formula is C18H14Br2N2O3. The highest BCUT2D eigenvalue weighted by Crippen LogP contribution is 2.24. The number of carboxylic acid groups (broad SMARTS) is 1. The third kappa shape index (κ3) is 3.93. The Morgan fingerprint density at radius 3 is 2.64 bits per heavy atom. The Bertz CT molecular complexity index is 952. The zero-order valence-corrected chi connectivity index (χ0v) is 16.1. The maximum Gasteiger partial charge on any atom is 0.326 e. The number of carbonyl (C=O) groups is 2. The van der Waals surface area contributed by atoms with Crippen LogP contribution in [-0.4, -0.2) is 28.0 Å². The number of aromatic amines is 1. The Hall–Kier alpha value is -2.12. The highest BCUT2D eigenvalue weighted by Gasteiger charge is 2.23. The summed E-state index contributed by atoms with van der Waals surface area (Å²) in [4.78, 5) is 27.2. The number of carboxylic acids is 1. The van der Waals surface area contributed by atoms with Gasteiger partial charge in [0.2, 0.25) is 0 Å². The third-order valence-electron chi connectivity index (χ3n) is 3.88. The quantitative estimate of drug-likeness (QED) is 0.530. The number of rotatable bonds is 5. The standard InChI is InChI=1S/C18H14Br2N2O3/c19-11-5-6-15-13(8-11)10(9-21-15)7-16(18(24)25)22-17(23)12-3-1-2-4-14(12)20/h1-6,8-9,16,21H,7H2,(H,22,23)(H,24,25)/t16-/m0/s1. The number of aromatic nitrogens is 1. The van der Waals surface area contributed by atoms with E-state index in [0.29, 0.717) is 10.0 Å². The van der Waals surface area contributed by atoms with Crippen LogP contribution >= 0.6 is 31.9 Å². The zero-order valence-electron chi connectivity index (χ0n) is 12.9. The molecule has 3 rings (SSSR count). The molecule has 5 nitrogen and oxygen atoms in total. The minimum atomic E-state index is -1.08. The Balaban J connectivity index is 1.84. The van der Waals surface area contributed by atoms with Gasteiger partial charge in [0.15, 0.2) is 0 Å². The van der Waals surface area contributed by atoms with Crippen LogP contribution in [0.3, 0.4) is 0 Å². The summed E-state index contributed by atoms with van der Waals surface area (Å²) in [6.45, 7) is 0. The Labute approximate surface area is 160 Å². The van der Waals surface area contributed by atoms with Crippen molar-refractivity contribution in [1.29, 1.82) is 0 Å².